The first kappa shape index (κ1) is 16.3. The van der Waals surface area contributed by atoms with Crippen molar-refractivity contribution in [2.75, 3.05) is 26.4 Å². The summed E-state index contributed by atoms with van der Waals surface area (Å²) >= 11 is 0. The number of amides is 1. The van der Waals surface area contributed by atoms with Crippen molar-refractivity contribution < 1.29 is 23.0 Å². The minimum Gasteiger partial charge on any atom is -0.381 e. The van der Waals surface area contributed by atoms with Gasteiger partial charge in [0.2, 0.25) is 0 Å². The van der Waals surface area contributed by atoms with E-state index in [0.717, 1.165) is 32.3 Å². The van der Waals surface area contributed by atoms with Gasteiger partial charge in [0.05, 0.1) is 12.8 Å². The van der Waals surface area contributed by atoms with Crippen LogP contribution in [0.15, 0.2) is 12.3 Å². The molecule has 0 aromatic carbocycles. The number of nitrogens with zero attached hydrogens (tertiary/aromatic N) is 1. The number of aromatic nitrogens is 1. The van der Waals surface area contributed by atoms with Gasteiger partial charge >= 0.3 is 0 Å². The van der Waals surface area contributed by atoms with Crippen LogP contribution in [0.5, 0.6) is 0 Å². The Morgan fingerprint density at radius 1 is 1.17 bits per heavy atom. The molecule has 23 heavy (non-hydrogen) atoms. The van der Waals surface area contributed by atoms with Gasteiger partial charge < -0.3 is 14.8 Å². The van der Waals surface area contributed by atoms with Crippen LogP contribution in [-0.4, -0.2) is 43.4 Å². The van der Waals surface area contributed by atoms with Crippen LogP contribution < -0.4 is 5.32 Å². The van der Waals surface area contributed by atoms with Gasteiger partial charge in [-0.2, -0.15) is 0 Å². The molecule has 0 unspecified atom stereocenters. The number of carbonyl (C=O) groups is 1. The third-order valence-corrected chi connectivity index (χ3v) is 4.61. The Labute approximate surface area is 133 Å². The number of rotatable bonds is 3. The van der Waals surface area contributed by atoms with E-state index in [1.165, 1.54) is 0 Å². The predicted molar refractivity (Wildman–Crippen MR) is 77.9 cm³/mol. The van der Waals surface area contributed by atoms with Crippen molar-refractivity contribution in [2.24, 2.45) is 11.8 Å². The van der Waals surface area contributed by atoms with E-state index in [9.17, 15) is 13.6 Å². The summed E-state index contributed by atoms with van der Waals surface area (Å²) in [5.41, 5.74) is -0.372. The highest BCUT2D eigenvalue weighted by Gasteiger charge is 2.35. The van der Waals surface area contributed by atoms with Crippen LogP contribution in [-0.2, 0) is 9.47 Å². The molecule has 3 heterocycles. The maximum absolute atomic E-state index is 13.7. The van der Waals surface area contributed by atoms with Gasteiger partial charge in [-0.3, -0.25) is 4.79 Å². The third kappa shape index (κ3) is 3.84. The summed E-state index contributed by atoms with van der Waals surface area (Å²) in [5, 5.41) is 2.86. The van der Waals surface area contributed by atoms with E-state index in [4.69, 9.17) is 9.47 Å². The lowest BCUT2D eigenvalue weighted by Gasteiger charge is -2.38. The molecule has 0 saturated carbocycles. The first-order chi connectivity index (χ1) is 11.1. The zero-order valence-corrected chi connectivity index (χ0v) is 12.8. The fourth-order valence-electron chi connectivity index (χ4n) is 3.37. The SMILES string of the molecule is O=C(N[C@@H]1CCOC[C@@H]1C1CCOCC1)c1ncc(F)cc1F. The fraction of sp³-hybridized carbons (Fsp3) is 0.625. The Morgan fingerprint density at radius 2 is 1.91 bits per heavy atom. The molecule has 2 saturated heterocycles. The minimum absolute atomic E-state index is 0.0920. The van der Waals surface area contributed by atoms with E-state index in [2.05, 4.69) is 10.3 Å². The molecule has 1 amide bonds. The van der Waals surface area contributed by atoms with Gasteiger partial charge in [-0.1, -0.05) is 0 Å². The number of carbonyl (C=O) groups excluding carboxylic acids is 1. The van der Waals surface area contributed by atoms with E-state index in [-0.39, 0.29) is 17.7 Å². The summed E-state index contributed by atoms with van der Waals surface area (Å²) in [6, 6.07) is 0.576. The molecular weight excluding hydrogens is 306 g/mol. The van der Waals surface area contributed by atoms with Crippen LogP contribution in [0.3, 0.4) is 0 Å². The van der Waals surface area contributed by atoms with Crippen molar-refractivity contribution in [1.29, 1.82) is 0 Å². The first-order valence-corrected chi connectivity index (χ1v) is 7.92. The van der Waals surface area contributed by atoms with Gasteiger partial charge in [-0.05, 0) is 25.2 Å². The Balaban J connectivity index is 1.69. The number of ether oxygens (including phenoxy) is 2. The van der Waals surface area contributed by atoms with E-state index in [1.807, 2.05) is 0 Å². The summed E-state index contributed by atoms with van der Waals surface area (Å²) in [7, 11) is 0. The average Bonchev–Trinajstić information content (AvgIpc) is 2.56. The monoisotopic (exact) mass is 326 g/mol. The van der Waals surface area contributed by atoms with Gasteiger partial charge in [-0.15, -0.1) is 0 Å². The summed E-state index contributed by atoms with van der Waals surface area (Å²) < 4.78 is 37.6. The second kappa shape index (κ2) is 7.31. The van der Waals surface area contributed by atoms with Crippen molar-refractivity contribution in [1.82, 2.24) is 10.3 Å². The van der Waals surface area contributed by atoms with Crippen LogP contribution in [0.4, 0.5) is 8.78 Å². The summed E-state index contributed by atoms with van der Waals surface area (Å²) in [6.45, 7) is 2.57. The molecule has 7 heteroatoms. The summed E-state index contributed by atoms with van der Waals surface area (Å²) in [4.78, 5) is 15.8. The molecule has 2 aliphatic heterocycles. The van der Waals surface area contributed by atoms with Crippen LogP contribution in [0.1, 0.15) is 29.8 Å². The van der Waals surface area contributed by atoms with Gasteiger partial charge in [0, 0.05) is 37.8 Å². The zero-order valence-electron chi connectivity index (χ0n) is 12.8. The van der Waals surface area contributed by atoms with Gasteiger partial charge in [0.15, 0.2) is 11.5 Å². The van der Waals surface area contributed by atoms with Crippen molar-refractivity contribution in [3.05, 3.63) is 29.6 Å². The van der Waals surface area contributed by atoms with E-state index >= 15 is 0 Å². The normalized spacial score (nSPS) is 26.0. The highest BCUT2D eigenvalue weighted by atomic mass is 19.1. The lowest BCUT2D eigenvalue weighted by molar-refractivity contribution is -0.0259. The fourth-order valence-corrected chi connectivity index (χ4v) is 3.37. The van der Waals surface area contributed by atoms with Crippen molar-refractivity contribution in [3.8, 4) is 0 Å². The second-order valence-corrected chi connectivity index (χ2v) is 6.04. The van der Waals surface area contributed by atoms with Crippen LogP contribution in [0.2, 0.25) is 0 Å². The van der Waals surface area contributed by atoms with Crippen LogP contribution in [0.25, 0.3) is 0 Å². The highest BCUT2D eigenvalue weighted by molar-refractivity contribution is 5.92. The van der Waals surface area contributed by atoms with E-state index < -0.39 is 17.5 Å². The quantitative estimate of drug-likeness (QED) is 0.922. The molecule has 0 bridgehead atoms. The molecule has 1 aromatic rings. The number of hydrogen-bond acceptors (Lipinski definition) is 4. The van der Waals surface area contributed by atoms with E-state index in [1.54, 1.807) is 0 Å². The first-order valence-electron chi connectivity index (χ1n) is 7.92. The molecule has 2 fully saturated rings. The summed E-state index contributed by atoms with van der Waals surface area (Å²) in [5.74, 6) is -1.76. The molecule has 1 N–H and O–H groups in total. The Morgan fingerprint density at radius 3 is 2.65 bits per heavy atom. The average molecular weight is 326 g/mol. The highest BCUT2D eigenvalue weighted by Crippen LogP contribution is 2.30. The van der Waals surface area contributed by atoms with Crippen LogP contribution in [0, 0.1) is 23.5 Å². The molecule has 0 radical (unpaired) electrons. The molecule has 5 nitrogen and oxygen atoms in total. The molecule has 0 spiro atoms. The topological polar surface area (TPSA) is 60.5 Å². The maximum atomic E-state index is 13.7. The number of hydrogen-bond donors (Lipinski definition) is 1. The molecule has 3 rings (SSSR count). The molecule has 2 atom stereocenters. The van der Waals surface area contributed by atoms with Crippen LogP contribution >= 0.6 is 0 Å². The Bertz CT molecular complexity index is 564. The predicted octanol–water partition coefficient (Wildman–Crippen LogP) is 1.92. The lowest BCUT2D eigenvalue weighted by atomic mass is 9.79. The van der Waals surface area contributed by atoms with E-state index in [0.29, 0.717) is 31.6 Å². The third-order valence-electron chi connectivity index (χ3n) is 4.61. The molecule has 1 aromatic heterocycles. The van der Waals surface area contributed by atoms with Gasteiger partial charge in [0.25, 0.3) is 5.91 Å². The van der Waals surface area contributed by atoms with Crippen molar-refractivity contribution >= 4 is 5.91 Å². The number of pyridine rings is 1. The van der Waals surface area contributed by atoms with Gasteiger partial charge in [0.1, 0.15) is 5.82 Å². The zero-order chi connectivity index (χ0) is 16.2. The Kier molecular flexibility index (Phi) is 5.17. The molecular formula is C16H20F2N2O3. The molecule has 126 valence electrons. The minimum atomic E-state index is -0.947. The maximum Gasteiger partial charge on any atom is 0.273 e. The van der Waals surface area contributed by atoms with Gasteiger partial charge in [-0.25, -0.2) is 13.8 Å². The smallest absolute Gasteiger partial charge is 0.273 e. The number of halogens is 2. The summed E-state index contributed by atoms with van der Waals surface area (Å²) in [6.07, 6.45) is 3.39. The Hall–Kier alpha value is -1.60. The van der Waals surface area contributed by atoms with Crippen molar-refractivity contribution in [3.63, 3.8) is 0 Å². The number of nitrogens with one attached hydrogen (secondary N) is 1. The molecule has 2 aliphatic rings. The lowest BCUT2D eigenvalue weighted by Crippen LogP contribution is -2.49. The molecule has 0 aliphatic carbocycles. The standard InChI is InChI=1S/C16H20F2N2O3/c17-11-7-13(18)15(19-8-11)16(21)20-14-3-6-23-9-12(14)10-1-4-22-5-2-10/h7-8,10,12,14H,1-6,9H2,(H,20,21)/t12-,14-/m1/s1. The largest absolute Gasteiger partial charge is 0.381 e. The van der Waals surface area contributed by atoms with Crippen molar-refractivity contribution in [2.45, 2.75) is 25.3 Å². The second-order valence-electron chi connectivity index (χ2n) is 6.04.